The van der Waals surface area contributed by atoms with Crippen LogP contribution in [0.3, 0.4) is 0 Å². The fraction of sp³-hybridized carbons (Fsp3) is 0. The van der Waals surface area contributed by atoms with Crippen molar-refractivity contribution in [3.05, 3.63) is 70.8 Å². The Balaban J connectivity index is 1.78. The second kappa shape index (κ2) is 6.07. The van der Waals surface area contributed by atoms with E-state index < -0.39 is 11.7 Å². The van der Waals surface area contributed by atoms with Crippen molar-refractivity contribution in [2.75, 3.05) is 5.32 Å². The molecule has 0 saturated carbocycles. The van der Waals surface area contributed by atoms with Crippen LogP contribution in [-0.2, 0) is 0 Å². The van der Waals surface area contributed by atoms with Gasteiger partial charge in [-0.25, -0.2) is 14.1 Å². The third kappa shape index (κ3) is 3.04. The molecule has 7 heteroatoms. The molecule has 0 fully saturated rings. The predicted octanol–water partition coefficient (Wildman–Crippen LogP) is 3.42. The zero-order chi connectivity index (χ0) is 15.5. The number of halogens is 2. The van der Waals surface area contributed by atoms with E-state index in [1.165, 1.54) is 24.4 Å². The van der Waals surface area contributed by atoms with E-state index in [-0.39, 0.29) is 5.56 Å². The van der Waals surface area contributed by atoms with Gasteiger partial charge in [-0.15, -0.1) is 0 Å². The highest BCUT2D eigenvalue weighted by Gasteiger charge is 2.12. The summed E-state index contributed by atoms with van der Waals surface area (Å²) in [5, 5.41) is 6.66. The van der Waals surface area contributed by atoms with Crippen molar-refractivity contribution in [3.8, 4) is 5.82 Å². The summed E-state index contributed by atoms with van der Waals surface area (Å²) < 4.78 is 15.9. The minimum absolute atomic E-state index is 0.0365. The van der Waals surface area contributed by atoms with Gasteiger partial charge in [0.1, 0.15) is 5.82 Å². The van der Waals surface area contributed by atoms with Crippen LogP contribution in [0.5, 0.6) is 0 Å². The van der Waals surface area contributed by atoms with E-state index in [0.29, 0.717) is 16.0 Å². The van der Waals surface area contributed by atoms with Crippen LogP contribution in [0.4, 0.5) is 10.1 Å². The van der Waals surface area contributed by atoms with Crippen LogP contribution in [-0.4, -0.2) is 20.7 Å². The van der Waals surface area contributed by atoms with Crippen molar-refractivity contribution in [3.63, 3.8) is 0 Å². The Bertz CT molecular complexity index is 803. The molecule has 0 aliphatic carbocycles. The van der Waals surface area contributed by atoms with Crippen LogP contribution in [0.25, 0.3) is 5.82 Å². The van der Waals surface area contributed by atoms with Gasteiger partial charge in [0.05, 0.1) is 17.4 Å². The van der Waals surface area contributed by atoms with Crippen LogP contribution < -0.4 is 5.32 Å². The molecule has 0 aliphatic heterocycles. The zero-order valence-corrected chi connectivity index (χ0v) is 12.8. The normalized spacial score (nSPS) is 10.5. The minimum atomic E-state index is -0.582. The smallest absolute Gasteiger partial charge is 0.258 e. The molecule has 1 amide bonds. The number of carbonyl (C=O) groups is 1. The summed E-state index contributed by atoms with van der Waals surface area (Å²) >= 11 is 3.21. The molecule has 0 spiro atoms. The number of hydrogen-bond donors (Lipinski definition) is 1. The maximum absolute atomic E-state index is 13.7. The van der Waals surface area contributed by atoms with Crippen LogP contribution in [0, 0.1) is 5.82 Å². The van der Waals surface area contributed by atoms with Gasteiger partial charge in [-0.3, -0.25) is 4.79 Å². The molecular formula is C15H10BrFN4O. The first-order valence-electron chi connectivity index (χ1n) is 6.36. The predicted molar refractivity (Wildman–Crippen MR) is 83.4 cm³/mol. The quantitative estimate of drug-likeness (QED) is 0.778. The van der Waals surface area contributed by atoms with Gasteiger partial charge in [-0.1, -0.05) is 15.9 Å². The highest BCUT2D eigenvalue weighted by molar-refractivity contribution is 9.10. The standard InChI is InChI=1S/C15H10BrFN4O/c16-10-2-4-13(17)12(8-10)15(22)20-11-3-5-14(18-9-11)21-7-1-6-19-21/h1-9H,(H,20,22). The Morgan fingerprint density at radius 2 is 2.14 bits per heavy atom. The van der Waals surface area contributed by atoms with Gasteiger partial charge in [0, 0.05) is 16.9 Å². The highest BCUT2D eigenvalue weighted by atomic mass is 79.9. The lowest BCUT2D eigenvalue weighted by atomic mass is 10.2. The molecule has 0 atom stereocenters. The fourth-order valence-corrected chi connectivity index (χ4v) is 2.23. The number of nitrogens with zero attached hydrogens (tertiary/aromatic N) is 3. The summed E-state index contributed by atoms with van der Waals surface area (Å²) in [6.07, 6.45) is 4.90. The van der Waals surface area contributed by atoms with Gasteiger partial charge in [-0.05, 0) is 36.4 Å². The van der Waals surface area contributed by atoms with Crippen molar-refractivity contribution >= 4 is 27.5 Å². The average molecular weight is 361 g/mol. The molecule has 1 N–H and O–H groups in total. The van der Waals surface area contributed by atoms with E-state index in [1.807, 2.05) is 0 Å². The lowest BCUT2D eigenvalue weighted by Gasteiger charge is -2.07. The van der Waals surface area contributed by atoms with Crippen LogP contribution >= 0.6 is 15.9 Å². The summed E-state index contributed by atoms with van der Waals surface area (Å²) in [5.41, 5.74) is 0.436. The molecule has 110 valence electrons. The maximum Gasteiger partial charge on any atom is 0.258 e. The summed E-state index contributed by atoms with van der Waals surface area (Å²) in [7, 11) is 0. The molecule has 2 heterocycles. The van der Waals surface area contributed by atoms with E-state index >= 15 is 0 Å². The monoisotopic (exact) mass is 360 g/mol. The van der Waals surface area contributed by atoms with Crippen LogP contribution in [0.2, 0.25) is 0 Å². The number of amides is 1. The van der Waals surface area contributed by atoms with Crippen molar-refractivity contribution in [2.24, 2.45) is 0 Å². The Kier molecular flexibility index (Phi) is 3.97. The number of carbonyl (C=O) groups excluding carboxylic acids is 1. The van der Waals surface area contributed by atoms with Gasteiger partial charge >= 0.3 is 0 Å². The molecular weight excluding hydrogens is 351 g/mol. The van der Waals surface area contributed by atoms with Crippen LogP contribution in [0.1, 0.15) is 10.4 Å². The highest BCUT2D eigenvalue weighted by Crippen LogP contribution is 2.17. The van der Waals surface area contributed by atoms with E-state index in [9.17, 15) is 9.18 Å². The molecule has 3 rings (SSSR count). The van der Waals surface area contributed by atoms with Crippen molar-refractivity contribution in [1.29, 1.82) is 0 Å². The van der Waals surface area contributed by atoms with Gasteiger partial charge in [0.2, 0.25) is 0 Å². The first-order chi connectivity index (χ1) is 10.6. The van der Waals surface area contributed by atoms with E-state index in [0.717, 1.165) is 0 Å². The molecule has 0 unspecified atom stereocenters. The molecule has 0 bridgehead atoms. The summed E-state index contributed by atoms with van der Waals surface area (Å²) in [5.74, 6) is -0.495. The fourth-order valence-electron chi connectivity index (χ4n) is 1.87. The molecule has 0 radical (unpaired) electrons. The molecule has 0 saturated heterocycles. The molecule has 2 aromatic heterocycles. The summed E-state index contributed by atoms with van der Waals surface area (Å²) in [6, 6.07) is 9.37. The first kappa shape index (κ1) is 14.4. The number of aromatic nitrogens is 3. The maximum atomic E-state index is 13.7. The third-order valence-electron chi connectivity index (χ3n) is 2.92. The molecule has 0 aliphatic rings. The SMILES string of the molecule is O=C(Nc1ccc(-n2cccn2)nc1)c1cc(Br)ccc1F. The summed E-state index contributed by atoms with van der Waals surface area (Å²) in [4.78, 5) is 16.3. The third-order valence-corrected chi connectivity index (χ3v) is 3.41. The molecule has 1 aromatic carbocycles. The largest absolute Gasteiger partial charge is 0.320 e. The Morgan fingerprint density at radius 3 is 2.82 bits per heavy atom. The number of pyridine rings is 1. The van der Waals surface area contributed by atoms with Gasteiger partial charge in [-0.2, -0.15) is 5.10 Å². The number of rotatable bonds is 3. The zero-order valence-electron chi connectivity index (χ0n) is 11.2. The van der Waals surface area contributed by atoms with Crippen molar-refractivity contribution < 1.29 is 9.18 Å². The molecule has 5 nitrogen and oxygen atoms in total. The Hall–Kier alpha value is -2.54. The number of hydrogen-bond acceptors (Lipinski definition) is 3. The lowest BCUT2D eigenvalue weighted by molar-refractivity contribution is 0.102. The second-order valence-corrected chi connectivity index (χ2v) is 5.35. The number of anilines is 1. The van der Waals surface area contributed by atoms with Gasteiger partial charge in [0.15, 0.2) is 5.82 Å². The summed E-state index contributed by atoms with van der Waals surface area (Å²) in [6.45, 7) is 0. The molecule has 3 aromatic rings. The Labute approximate surface area is 133 Å². The Morgan fingerprint density at radius 1 is 1.27 bits per heavy atom. The van der Waals surface area contributed by atoms with E-state index in [4.69, 9.17) is 0 Å². The van der Waals surface area contributed by atoms with E-state index in [2.05, 4.69) is 31.3 Å². The van der Waals surface area contributed by atoms with Crippen LogP contribution in [0.15, 0.2) is 59.5 Å². The van der Waals surface area contributed by atoms with E-state index in [1.54, 1.807) is 35.3 Å². The number of nitrogens with one attached hydrogen (secondary N) is 1. The lowest BCUT2D eigenvalue weighted by Crippen LogP contribution is -2.14. The topological polar surface area (TPSA) is 59.8 Å². The number of benzene rings is 1. The first-order valence-corrected chi connectivity index (χ1v) is 7.15. The van der Waals surface area contributed by atoms with Gasteiger partial charge < -0.3 is 5.32 Å². The average Bonchev–Trinajstić information content (AvgIpc) is 3.05. The minimum Gasteiger partial charge on any atom is -0.320 e. The van der Waals surface area contributed by atoms with Crippen molar-refractivity contribution in [1.82, 2.24) is 14.8 Å². The second-order valence-electron chi connectivity index (χ2n) is 4.43. The van der Waals surface area contributed by atoms with Gasteiger partial charge in [0.25, 0.3) is 5.91 Å². The molecule has 22 heavy (non-hydrogen) atoms. The van der Waals surface area contributed by atoms with Crippen molar-refractivity contribution in [2.45, 2.75) is 0 Å².